The van der Waals surface area contributed by atoms with E-state index in [-0.39, 0.29) is 0 Å². The summed E-state index contributed by atoms with van der Waals surface area (Å²) in [6.07, 6.45) is 3.28. The predicted molar refractivity (Wildman–Crippen MR) is 73.4 cm³/mol. The number of fused-ring (bicyclic) bond motifs is 1. The highest BCUT2D eigenvalue weighted by molar-refractivity contribution is 5.90. The van der Waals surface area contributed by atoms with Crippen molar-refractivity contribution in [3.63, 3.8) is 0 Å². The van der Waals surface area contributed by atoms with E-state index in [9.17, 15) is 0 Å². The summed E-state index contributed by atoms with van der Waals surface area (Å²) < 4.78 is 5.39. The van der Waals surface area contributed by atoms with Crippen LogP contribution in [0.1, 0.15) is 18.5 Å². The number of nitrogens with two attached hydrogens (primary N) is 1. The Morgan fingerprint density at radius 2 is 2.00 bits per heavy atom. The van der Waals surface area contributed by atoms with Gasteiger partial charge in [-0.15, -0.1) is 0 Å². The molecule has 18 heavy (non-hydrogen) atoms. The Morgan fingerprint density at radius 1 is 1.22 bits per heavy atom. The molecule has 1 fully saturated rings. The number of para-hydroxylation sites is 1. The Hall–Kier alpha value is -1.61. The number of ether oxygens (including phenoxy) is 1. The van der Waals surface area contributed by atoms with Gasteiger partial charge < -0.3 is 10.5 Å². The average molecular weight is 242 g/mol. The molecule has 1 aliphatic heterocycles. The van der Waals surface area contributed by atoms with E-state index in [0.29, 0.717) is 5.92 Å². The molecule has 94 valence electrons. The van der Waals surface area contributed by atoms with Crippen molar-refractivity contribution in [1.29, 1.82) is 0 Å². The molecule has 0 atom stereocenters. The van der Waals surface area contributed by atoms with Crippen LogP contribution < -0.4 is 5.73 Å². The molecule has 0 amide bonds. The molecule has 0 aliphatic carbocycles. The molecule has 3 rings (SSSR count). The number of hydrogen-bond acceptors (Lipinski definition) is 3. The monoisotopic (exact) mass is 242 g/mol. The summed E-state index contributed by atoms with van der Waals surface area (Å²) in [6.45, 7) is 1.77. The normalized spacial score (nSPS) is 17.1. The summed E-state index contributed by atoms with van der Waals surface area (Å²) in [4.78, 5) is 4.71. The van der Waals surface area contributed by atoms with Gasteiger partial charge in [0, 0.05) is 30.0 Å². The second-order valence-electron chi connectivity index (χ2n) is 4.98. The van der Waals surface area contributed by atoms with E-state index in [1.165, 1.54) is 0 Å². The molecule has 0 radical (unpaired) electrons. The van der Waals surface area contributed by atoms with Gasteiger partial charge in [-0.1, -0.05) is 18.2 Å². The first kappa shape index (κ1) is 11.5. The Kier molecular flexibility index (Phi) is 3.15. The van der Waals surface area contributed by atoms with Crippen LogP contribution in [0.25, 0.3) is 10.9 Å². The molecular formula is C15H18N2O. The maximum atomic E-state index is 6.10. The first-order valence-electron chi connectivity index (χ1n) is 6.55. The van der Waals surface area contributed by atoms with E-state index in [4.69, 9.17) is 15.5 Å². The van der Waals surface area contributed by atoms with Gasteiger partial charge in [0.05, 0.1) is 5.52 Å². The zero-order chi connectivity index (χ0) is 12.4. The Morgan fingerprint density at radius 3 is 2.83 bits per heavy atom. The third kappa shape index (κ3) is 2.31. The first-order valence-corrected chi connectivity index (χ1v) is 6.55. The molecule has 1 aromatic carbocycles. The van der Waals surface area contributed by atoms with Crippen LogP contribution >= 0.6 is 0 Å². The molecule has 1 aromatic heterocycles. The van der Waals surface area contributed by atoms with E-state index in [1.807, 2.05) is 30.3 Å². The fourth-order valence-corrected chi connectivity index (χ4v) is 2.61. The molecule has 2 heterocycles. The highest BCUT2D eigenvalue weighted by Gasteiger charge is 2.15. The highest BCUT2D eigenvalue weighted by atomic mass is 16.5. The molecule has 3 nitrogen and oxygen atoms in total. The van der Waals surface area contributed by atoms with Crippen molar-refractivity contribution in [2.75, 3.05) is 18.9 Å². The SMILES string of the molecule is Nc1cc(CC2CCOCC2)nc2ccccc12. The maximum Gasteiger partial charge on any atom is 0.0725 e. The zero-order valence-corrected chi connectivity index (χ0v) is 10.4. The molecule has 0 unspecified atom stereocenters. The molecule has 0 bridgehead atoms. The van der Waals surface area contributed by atoms with Gasteiger partial charge >= 0.3 is 0 Å². The Bertz CT molecular complexity index is 547. The minimum Gasteiger partial charge on any atom is -0.398 e. The van der Waals surface area contributed by atoms with Crippen molar-refractivity contribution in [2.24, 2.45) is 5.92 Å². The van der Waals surface area contributed by atoms with Crippen LogP contribution in [0.2, 0.25) is 0 Å². The molecule has 3 heteroatoms. The second-order valence-corrected chi connectivity index (χ2v) is 4.98. The van der Waals surface area contributed by atoms with Crippen LogP contribution in [0.15, 0.2) is 30.3 Å². The van der Waals surface area contributed by atoms with Crippen molar-refractivity contribution in [2.45, 2.75) is 19.3 Å². The summed E-state index contributed by atoms with van der Waals surface area (Å²) in [6, 6.07) is 10.1. The van der Waals surface area contributed by atoms with E-state index in [0.717, 1.165) is 54.8 Å². The van der Waals surface area contributed by atoms with E-state index < -0.39 is 0 Å². The number of pyridine rings is 1. The molecule has 1 saturated heterocycles. The summed E-state index contributed by atoms with van der Waals surface area (Å²) in [5, 5.41) is 1.05. The number of anilines is 1. The van der Waals surface area contributed by atoms with Gasteiger partial charge in [0.15, 0.2) is 0 Å². The van der Waals surface area contributed by atoms with Crippen LogP contribution in [0.3, 0.4) is 0 Å². The third-order valence-electron chi connectivity index (χ3n) is 3.64. The lowest BCUT2D eigenvalue weighted by Gasteiger charge is -2.21. The lowest BCUT2D eigenvalue weighted by Crippen LogP contribution is -2.18. The number of aromatic nitrogens is 1. The number of rotatable bonds is 2. The number of nitrogens with zero attached hydrogens (tertiary/aromatic N) is 1. The smallest absolute Gasteiger partial charge is 0.0725 e. The predicted octanol–water partition coefficient (Wildman–Crippen LogP) is 2.79. The lowest BCUT2D eigenvalue weighted by atomic mass is 9.94. The van der Waals surface area contributed by atoms with Gasteiger partial charge in [-0.2, -0.15) is 0 Å². The summed E-state index contributed by atoms with van der Waals surface area (Å²) >= 11 is 0. The summed E-state index contributed by atoms with van der Waals surface area (Å²) in [7, 11) is 0. The second kappa shape index (κ2) is 4.94. The van der Waals surface area contributed by atoms with Crippen LogP contribution in [-0.4, -0.2) is 18.2 Å². The molecular weight excluding hydrogens is 224 g/mol. The van der Waals surface area contributed by atoms with Gasteiger partial charge in [-0.3, -0.25) is 4.98 Å². The first-order chi connectivity index (χ1) is 8.83. The summed E-state index contributed by atoms with van der Waals surface area (Å²) in [5.41, 5.74) is 9.04. The Labute approximate surface area is 107 Å². The lowest BCUT2D eigenvalue weighted by molar-refractivity contribution is 0.0663. The quantitative estimate of drug-likeness (QED) is 0.881. The van der Waals surface area contributed by atoms with Crippen LogP contribution in [0.4, 0.5) is 5.69 Å². The Balaban J connectivity index is 1.87. The van der Waals surface area contributed by atoms with Gasteiger partial charge in [-0.05, 0) is 37.3 Å². The number of nitrogen functional groups attached to an aromatic ring is 1. The van der Waals surface area contributed by atoms with Crippen molar-refractivity contribution < 1.29 is 4.74 Å². The third-order valence-corrected chi connectivity index (χ3v) is 3.64. The zero-order valence-electron chi connectivity index (χ0n) is 10.4. The van der Waals surface area contributed by atoms with Gasteiger partial charge in [0.2, 0.25) is 0 Å². The number of hydrogen-bond donors (Lipinski definition) is 1. The van der Waals surface area contributed by atoms with Crippen molar-refractivity contribution >= 4 is 16.6 Å². The standard InChI is InChI=1S/C15H18N2O/c16-14-10-12(9-11-5-7-18-8-6-11)17-15-4-2-1-3-13(14)15/h1-4,10-11H,5-9H2,(H2,16,17). The minimum atomic E-state index is 0.687. The van der Waals surface area contributed by atoms with Crippen LogP contribution in [0.5, 0.6) is 0 Å². The average Bonchev–Trinajstić information content (AvgIpc) is 2.40. The van der Waals surface area contributed by atoms with Crippen molar-refractivity contribution in [3.8, 4) is 0 Å². The van der Waals surface area contributed by atoms with Gasteiger partial charge in [0.1, 0.15) is 0 Å². The molecule has 1 aliphatic rings. The molecule has 2 aromatic rings. The fourth-order valence-electron chi connectivity index (χ4n) is 2.61. The summed E-state index contributed by atoms with van der Waals surface area (Å²) in [5.74, 6) is 0.687. The topological polar surface area (TPSA) is 48.1 Å². The minimum absolute atomic E-state index is 0.687. The number of benzene rings is 1. The van der Waals surface area contributed by atoms with Crippen LogP contribution in [-0.2, 0) is 11.2 Å². The van der Waals surface area contributed by atoms with E-state index >= 15 is 0 Å². The van der Waals surface area contributed by atoms with Crippen molar-refractivity contribution in [3.05, 3.63) is 36.0 Å². The van der Waals surface area contributed by atoms with Crippen LogP contribution in [0, 0.1) is 5.92 Å². The molecule has 2 N–H and O–H groups in total. The highest BCUT2D eigenvalue weighted by Crippen LogP contribution is 2.24. The largest absolute Gasteiger partial charge is 0.398 e. The van der Waals surface area contributed by atoms with E-state index in [2.05, 4.69) is 0 Å². The maximum absolute atomic E-state index is 6.10. The van der Waals surface area contributed by atoms with Gasteiger partial charge in [-0.25, -0.2) is 0 Å². The van der Waals surface area contributed by atoms with E-state index in [1.54, 1.807) is 0 Å². The van der Waals surface area contributed by atoms with Gasteiger partial charge in [0.25, 0.3) is 0 Å². The molecule has 0 saturated carbocycles. The van der Waals surface area contributed by atoms with Crippen molar-refractivity contribution in [1.82, 2.24) is 4.98 Å². The fraction of sp³-hybridized carbons (Fsp3) is 0.400. The molecule has 0 spiro atoms.